The monoisotopic (exact) mass is 486 g/mol. The third-order valence-electron chi connectivity index (χ3n) is 7.48. The highest BCUT2D eigenvalue weighted by molar-refractivity contribution is 7.89. The van der Waals surface area contributed by atoms with Crippen LogP contribution >= 0.6 is 0 Å². The molecule has 0 bridgehead atoms. The molecule has 34 heavy (non-hydrogen) atoms. The molecule has 8 heteroatoms. The van der Waals surface area contributed by atoms with Gasteiger partial charge in [0, 0.05) is 25.1 Å². The van der Waals surface area contributed by atoms with Gasteiger partial charge in [0.15, 0.2) is 0 Å². The van der Waals surface area contributed by atoms with Crippen molar-refractivity contribution in [1.29, 1.82) is 0 Å². The Labute approximate surface area is 200 Å². The van der Waals surface area contributed by atoms with E-state index in [-0.39, 0.29) is 29.0 Å². The van der Waals surface area contributed by atoms with E-state index in [9.17, 15) is 17.6 Å². The predicted octanol–water partition coefficient (Wildman–Crippen LogP) is 4.57. The summed E-state index contributed by atoms with van der Waals surface area (Å²) < 4.78 is 47.3. The van der Waals surface area contributed by atoms with Gasteiger partial charge in [-0.1, -0.05) is 24.6 Å². The highest BCUT2D eigenvalue weighted by Gasteiger charge is 2.43. The quantitative estimate of drug-likeness (QED) is 0.687. The lowest BCUT2D eigenvalue weighted by Gasteiger charge is -2.45. The number of sulfonamides is 1. The highest BCUT2D eigenvalue weighted by atomic mass is 32.2. The summed E-state index contributed by atoms with van der Waals surface area (Å²) in [6.45, 7) is 0.480. The van der Waals surface area contributed by atoms with Gasteiger partial charge in [-0.15, -0.1) is 0 Å². The van der Waals surface area contributed by atoms with Crippen molar-refractivity contribution in [3.8, 4) is 5.75 Å². The molecule has 1 N–H and O–H groups in total. The van der Waals surface area contributed by atoms with Crippen LogP contribution in [0.2, 0.25) is 0 Å². The van der Waals surface area contributed by atoms with E-state index < -0.39 is 21.8 Å². The Morgan fingerprint density at radius 1 is 1.03 bits per heavy atom. The zero-order valence-corrected chi connectivity index (χ0v) is 20.0. The van der Waals surface area contributed by atoms with Gasteiger partial charge in [0.1, 0.15) is 17.2 Å². The number of para-hydroxylation sites is 1. The number of halogens is 1. The number of piperidine rings is 1. The molecule has 2 aliphatic heterocycles. The number of carbonyl (C=O) groups excluding carboxylic acids is 1. The normalized spacial score (nSPS) is 24.7. The molecule has 2 atom stereocenters. The number of hydrogen-bond donors (Lipinski definition) is 1. The predicted molar refractivity (Wildman–Crippen MR) is 126 cm³/mol. The summed E-state index contributed by atoms with van der Waals surface area (Å²) in [5.74, 6) is -0.194. The highest BCUT2D eigenvalue weighted by Crippen LogP contribution is 2.46. The number of nitrogens with one attached hydrogen (secondary N) is 1. The molecule has 1 amide bonds. The van der Waals surface area contributed by atoms with E-state index in [2.05, 4.69) is 5.32 Å². The largest absolute Gasteiger partial charge is 0.487 e. The molecule has 0 radical (unpaired) electrons. The second kappa shape index (κ2) is 9.30. The van der Waals surface area contributed by atoms with Crippen LogP contribution in [0.5, 0.6) is 5.75 Å². The maximum Gasteiger partial charge on any atom is 0.243 e. The van der Waals surface area contributed by atoms with Crippen LogP contribution in [-0.4, -0.2) is 37.3 Å². The minimum atomic E-state index is -3.78. The van der Waals surface area contributed by atoms with Crippen LogP contribution in [0.4, 0.5) is 4.39 Å². The fraction of sp³-hybridized carbons (Fsp3) is 0.500. The molecule has 5 rings (SSSR count). The van der Waals surface area contributed by atoms with Crippen molar-refractivity contribution in [2.75, 3.05) is 13.1 Å². The molecule has 2 aromatic rings. The van der Waals surface area contributed by atoms with E-state index in [1.807, 2.05) is 24.3 Å². The molecule has 0 unspecified atom stereocenters. The van der Waals surface area contributed by atoms with Crippen molar-refractivity contribution in [2.24, 2.45) is 5.92 Å². The van der Waals surface area contributed by atoms with Crippen LogP contribution in [0, 0.1) is 11.7 Å². The lowest BCUT2D eigenvalue weighted by atomic mass is 9.77. The summed E-state index contributed by atoms with van der Waals surface area (Å²) in [4.78, 5) is 13.4. The van der Waals surface area contributed by atoms with Crippen LogP contribution in [-0.2, 0) is 14.8 Å². The summed E-state index contributed by atoms with van der Waals surface area (Å²) >= 11 is 0. The first-order chi connectivity index (χ1) is 16.4. The van der Waals surface area contributed by atoms with E-state index in [0.29, 0.717) is 19.4 Å². The number of nitrogens with zero attached hydrogens (tertiary/aromatic N) is 1. The molecule has 182 valence electrons. The third-order valence-corrected chi connectivity index (χ3v) is 9.36. The summed E-state index contributed by atoms with van der Waals surface area (Å²) in [7, 11) is -3.78. The van der Waals surface area contributed by atoms with Gasteiger partial charge in [-0.25, -0.2) is 12.8 Å². The molecule has 2 heterocycles. The van der Waals surface area contributed by atoms with Crippen molar-refractivity contribution in [3.05, 3.63) is 59.9 Å². The Morgan fingerprint density at radius 3 is 2.53 bits per heavy atom. The molecule has 1 saturated carbocycles. The number of carbonyl (C=O) groups is 1. The van der Waals surface area contributed by atoms with E-state index in [1.165, 1.54) is 22.9 Å². The van der Waals surface area contributed by atoms with Crippen LogP contribution in [0.1, 0.15) is 63.0 Å². The van der Waals surface area contributed by atoms with Gasteiger partial charge < -0.3 is 10.1 Å². The van der Waals surface area contributed by atoms with Crippen molar-refractivity contribution < 1.29 is 22.3 Å². The minimum Gasteiger partial charge on any atom is -0.487 e. The first-order valence-electron chi connectivity index (χ1n) is 12.2. The molecule has 0 aromatic heterocycles. The molecular formula is C26H31FN2O4S. The lowest BCUT2D eigenvalue weighted by molar-refractivity contribution is -0.127. The lowest BCUT2D eigenvalue weighted by Crippen LogP contribution is -2.49. The number of amides is 1. The first-order valence-corrected chi connectivity index (χ1v) is 13.6. The second-order valence-corrected chi connectivity index (χ2v) is 11.7. The second-order valence-electron chi connectivity index (χ2n) is 9.80. The Bertz CT molecular complexity index is 1150. The maximum atomic E-state index is 13.4. The molecule has 6 nitrogen and oxygen atoms in total. The van der Waals surface area contributed by atoms with Crippen LogP contribution in [0.25, 0.3) is 0 Å². The molecule has 2 aromatic carbocycles. The van der Waals surface area contributed by atoms with Gasteiger partial charge in [-0.05, 0) is 68.9 Å². The number of rotatable bonds is 4. The Balaban J connectivity index is 1.32. The van der Waals surface area contributed by atoms with E-state index >= 15 is 0 Å². The Kier molecular flexibility index (Phi) is 6.37. The standard InChI is InChI=1S/C26H31FN2O4S/c27-20-10-12-21(13-11-20)34(31,32)29-16-6-7-19(18-29)25(30)28-23-17-26(14-4-1-5-15-26)33-24-9-3-2-8-22(23)24/h2-3,8-13,19,23H,1,4-7,14-18H2,(H,28,30)/t19-,23+/m0/s1. The maximum absolute atomic E-state index is 13.4. The van der Waals surface area contributed by atoms with Crippen molar-refractivity contribution in [2.45, 2.75) is 67.9 Å². The van der Waals surface area contributed by atoms with Crippen LogP contribution in [0.15, 0.2) is 53.4 Å². The van der Waals surface area contributed by atoms with E-state index in [4.69, 9.17) is 4.74 Å². The smallest absolute Gasteiger partial charge is 0.243 e. The average Bonchev–Trinajstić information content (AvgIpc) is 2.85. The third kappa shape index (κ3) is 4.58. The molecule has 3 aliphatic rings. The van der Waals surface area contributed by atoms with Crippen LogP contribution in [0.3, 0.4) is 0 Å². The van der Waals surface area contributed by atoms with Gasteiger partial charge >= 0.3 is 0 Å². The van der Waals surface area contributed by atoms with Gasteiger partial charge in [0.05, 0.1) is 16.9 Å². The van der Waals surface area contributed by atoms with Crippen molar-refractivity contribution in [1.82, 2.24) is 9.62 Å². The molecule has 2 fully saturated rings. The summed E-state index contributed by atoms with van der Waals surface area (Å²) in [5.41, 5.74) is 0.744. The van der Waals surface area contributed by atoms with Crippen molar-refractivity contribution in [3.63, 3.8) is 0 Å². The van der Waals surface area contributed by atoms with Crippen molar-refractivity contribution >= 4 is 15.9 Å². The molecule has 1 saturated heterocycles. The molecular weight excluding hydrogens is 455 g/mol. The summed E-state index contributed by atoms with van der Waals surface area (Å²) in [6.07, 6.45) is 7.42. The number of ether oxygens (including phenoxy) is 1. The van der Waals surface area contributed by atoms with E-state index in [1.54, 1.807) is 0 Å². The fourth-order valence-corrected chi connectivity index (χ4v) is 7.19. The van der Waals surface area contributed by atoms with Gasteiger partial charge in [0.2, 0.25) is 15.9 Å². The van der Waals surface area contributed by atoms with Crippen LogP contribution < -0.4 is 10.1 Å². The summed E-state index contributed by atoms with van der Waals surface area (Å²) in [5, 5.41) is 3.25. The minimum absolute atomic E-state index is 0.0487. The molecule has 1 aliphatic carbocycles. The average molecular weight is 487 g/mol. The first kappa shape index (κ1) is 23.3. The fourth-order valence-electron chi connectivity index (χ4n) is 5.67. The van der Waals surface area contributed by atoms with E-state index in [0.717, 1.165) is 55.5 Å². The molecule has 1 spiro atoms. The van der Waals surface area contributed by atoms with Gasteiger partial charge in [-0.2, -0.15) is 4.31 Å². The SMILES string of the molecule is O=C(N[C@@H]1CC2(CCCCC2)Oc2ccccc21)[C@H]1CCCN(S(=O)(=O)c2ccc(F)cc2)C1. The number of fused-ring (bicyclic) bond motifs is 1. The zero-order valence-electron chi connectivity index (χ0n) is 19.2. The zero-order chi connectivity index (χ0) is 23.8. The number of hydrogen-bond acceptors (Lipinski definition) is 4. The van der Waals surface area contributed by atoms with Gasteiger partial charge in [-0.3, -0.25) is 4.79 Å². The Hall–Kier alpha value is -2.45. The Morgan fingerprint density at radius 2 is 1.76 bits per heavy atom. The van der Waals surface area contributed by atoms with Gasteiger partial charge in [0.25, 0.3) is 0 Å². The number of benzene rings is 2. The summed E-state index contributed by atoms with van der Waals surface area (Å²) in [6, 6.07) is 12.6. The topological polar surface area (TPSA) is 75.7 Å².